The number of aromatic nitrogens is 2. The Kier molecular flexibility index (Phi) is 6.13. The van der Waals surface area contributed by atoms with E-state index in [2.05, 4.69) is 10.4 Å². The summed E-state index contributed by atoms with van der Waals surface area (Å²) in [6.45, 7) is 1.41. The third-order valence-electron chi connectivity index (χ3n) is 3.26. The van der Waals surface area contributed by atoms with Crippen LogP contribution in [-0.4, -0.2) is 41.3 Å². The van der Waals surface area contributed by atoms with E-state index in [1.165, 1.54) is 11.7 Å². The van der Waals surface area contributed by atoms with E-state index >= 15 is 0 Å². The number of carbonyl (C=O) groups excluding carboxylic acids is 3. The molecule has 1 aromatic heterocycles. The number of aryl methyl sites for hydroxylation is 1. The van der Waals surface area contributed by atoms with Gasteiger partial charge in [0.1, 0.15) is 10.7 Å². The fourth-order valence-corrected chi connectivity index (χ4v) is 2.39. The molecule has 0 saturated carbocycles. The summed E-state index contributed by atoms with van der Waals surface area (Å²) in [5.74, 6) is -1.54. The normalized spacial score (nSPS) is 10.2. The van der Waals surface area contributed by atoms with Crippen molar-refractivity contribution in [3.8, 4) is 0 Å². The first-order valence-electron chi connectivity index (χ1n) is 7.38. The minimum absolute atomic E-state index is 0.0883. The maximum absolute atomic E-state index is 12.2. The average Bonchev–Trinajstić information content (AvgIpc) is 2.87. The van der Waals surface area contributed by atoms with Gasteiger partial charge >= 0.3 is 12.0 Å². The predicted octanol–water partition coefficient (Wildman–Crippen LogP) is 1.51. The van der Waals surface area contributed by atoms with Gasteiger partial charge in [-0.2, -0.15) is 5.10 Å². The van der Waals surface area contributed by atoms with Crippen molar-refractivity contribution in [2.75, 3.05) is 13.7 Å². The summed E-state index contributed by atoms with van der Waals surface area (Å²) in [6.07, 6.45) is 0. The van der Waals surface area contributed by atoms with Crippen molar-refractivity contribution < 1.29 is 19.1 Å². The quantitative estimate of drug-likeness (QED) is 0.783. The molecule has 2 rings (SSSR count). The van der Waals surface area contributed by atoms with Crippen LogP contribution < -0.4 is 10.6 Å². The molecule has 1 aromatic carbocycles. The molecule has 0 saturated heterocycles. The van der Waals surface area contributed by atoms with Crippen LogP contribution in [0.5, 0.6) is 0 Å². The van der Waals surface area contributed by atoms with Gasteiger partial charge in [0.25, 0.3) is 5.91 Å². The maximum atomic E-state index is 12.2. The Morgan fingerprint density at radius 3 is 2.56 bits per heavy atom. The molecule has 0 fully saturated rings. The highest BCUT2D eigenvalue weighted by Gasteiger charge is 2.22. The van der Waals surface area contributed by atoms with E-state index in [0.717, 1.165) is 5.56 Å². The zero-order valence-corrected chi connectivity index (χ0v) is 14.5. The van der Waals surface area contributed by atoms with E-state index in [0.29, 0.717) is 12.2 Å². The second-order valence-electron chi connectivity index (χ2n) is 5.10. The number of hydrogen-bond donors (Lipinski definition) is 2. The van der Waals surface area contributed by atoms with Gasteiger partial charge in [-0.25, -0.2) is 14.3 Å². The second-order valence-corrected chi connectivity index (χ2v) is 5.46. The zero-order chi connectivity index (χ0) is 18.4. The number of ether oxygens (including phenoxy) is 1. The summed E-state index contributed by atoms with van der Waals surface area (Å²) in [5.41, 5.74) is 1.44. The highest BCUT2D eigenvalue weighted by molar-refractivity contribution is 6.32. The first-order valence-corrected chi connectivity index (χ1v) is 7.75. The summed E-state index contributed by atoms with van der Waals surface area (Å²) < 4.78 is 6.37. The van der Waals surface area contributed by atoms with E-state index in [1.807, 2.05) is 35.6 Å². The second kappa shape index (κ2) is 8.29. The lowest BCUT2D eigenvalue weighted by atomic mass is 10.2. The largest absolute Gasteiger partial charge is 0.452 e. The molecule has 0 aliphatic heterocycles. The van der Waals surface area contributed by atoms with Crippen LogP contribution in [0.15, 0.2) is 30.3 Å². The first-order chi connectivity index (χ1) is 11.9. The van der Waals surface area contributed by atoms with Crippen molar-refractivity contribution in [2.24, 2.45) is 0 Å². The van der Waals surface area contributed by atoms with Crippen molar-refractivity contribution in [3.05, 3.63) is 52.3 Å². The molecule has 2 N–H and O–H groups in total. The molecule has 25 heavy (non-hydrogen) atoms. The average molecular weight is 365 g/mol. The standard InChI is InChI=1S/C16H17ClN4O4/c1-10-13(15(23)25-9-12(22)19-16(24)18-2)14(17)21(20-10)8-11-6-4-3-5-7-11/h3-7H,8-9H2,1-2H3,(H2,18,19,22,24). The number of hydrogen-bond acceptors (Lipinski definition) is 5. The number of nitrogens with one attached hydrogen (secondary N) is 2. The van der Waals surface area contributed by atoms with Crippen LogP contribution in [0.1, 0.15) is 21.6 Å². The smallest absolute Gasteiger partial charge is 0.343 e. The minimum atomic E-state index is -0.783. The number of amides is 3. The van der Waals surface area contributed by atoms with Gasteiger partial charge in [0.05, 0.1) is 12.2 Å². The molecule has 8 nitrogen and oxygen atoms in total. The van der Waals surface area contributed by atoms with E-state index in [4.69, 9.17) is 16.3 Å². The van der Waals surface area contributed by atoms with Crippen molar-refractivity contribution in [1.82, 2.24) is 20.4 Å². The molecule has 1 heterocycles. The Balaban J connectivity index is 2.05. The van der Waals surface area contributed by atoms with Crippen molar-refractivity contribution >= 4 is 29.5 Å². The number of halogens is 1. The molecule has 0 aliphatic rings. The molecule has 0 radical (unpaired) electrons. The summed E-state index contributed by atoms with van der Waals surface area (Å²) in [7, 11) is 1.36. The molecule has 0 aliphatic carbocycles. The van der Waals surface area contributed by atoms with Gasteiger partial charge < -0.3 is 10.1 Å². The molecule has 0 bridgehead atoms. The Bertz CT molecular complexity index is 789. The molecule has 132 valence electrons. The van der Waals surface area contributed by atoms with E-state index in [1.54, 1.807) is 6.92 Å². The number of rotatable bonds is 5. The Labute approximate surface area is 149 Å². The Morgan fingerprint density at radius 2 is 1.92 bits per heavy atom. The Morgan fingerprint density at radius 1 is 1.24 bits per heavy atom. The summed E-state index contributed by atoms with van der Waals surface area (Å²) in [6, 6.07) is 8.81. The van der Waals surface area contributed by atoms with Crippen LogP contribution in [-0.2, 0) is 16.1 Å². The fraction of sp³-hybridized carbons (Fsp3) is 0.250. The third kappa shape index (κ3) is 4.80. The van der Waals surface area contributed by atoms with Crippen LogP contribution in [0, 0.1) is 6.92 Å². The van der Waals surface area contributed by atoms with Gasteiger partial charge in [0.2, 0.25) is 0 Å². The van der Waals surface area contributed by atoms with Crippen LogP contribution in [0.2, 0.25) is 5.15 Å². The summed E-state index contributed by atoms with van der Waals surface area (Å²) in [5, 5.41) is 8.56. The highest BCUT2D eigenvalue weighted by Crippen LogP contribution is 2.21. The molecule has 0 unspecified atom stereocenters. The molecule has 3 amide bonds. The van der Waals surface area contributed by atoms with E-state index in [-0.39, 0.29) is 10.7 Å². The summed E-state index contributed by atoms with van der Waals surface area (Å²) in [4.78, 5) is 34.6. The molecule has 0 spiro atoms. The lowest BCUT2D eigenvalue weighted by Gasteiger charge is -2.06. The van der Waals surface area contributed by atoms with Gasteiger partial charge in [-0.05, 0) is 12.5 Å². The van der Waals surface area contributed by atoms with E-state index in [9.17, 15) is 14.4 Å². The molecule has 2 aromatic rings. The van der Waals surface area contributed by atoms with Gasteiger partial charge in [-0.3, -0.25) is 10.1 Å². The maximum Gasteiger partial charge on any atom is 0.343 e. The van der Waals surface area contributed by atoms with Gasteiger partial charge in [0, 0.05) is 7.05 Å². The van der Waals surface area contributed by atoms with E-state index < -0.39 is 24.5 Å². The topological polar surface area (TPSA) is 102 Å². The number of nitrogens with zero attached hydrogens (tertiary/aromatic N) is 2. The van der Waals surface area contributed by atoms with Crippen molar-refractivity contribution in [1.29, 1.82) is 0 Å². The number of carbonyl (C=O) groups is 3. The predicted molar refractivity (Wildman–Crippen MR) is 90.4 cm³/mol. The fourth-order valence-electron chi connectivity index (χ4n) is 2.07. The van der Waals surface area contributed by atoms with Gasteiger partial charge in [-0.1, -0.05) is 41.9 Å². The lowest BCUT2D eigenvalue weighted by Crippen LogP contribution is -2.39. The number of imide groups is 1. The van der Waals surface area contributed by atoms with Crippen LogP contribution in [0.4, 0.5) is 4.79 Å². The minimum Gasteiger partial charge on any atom is -0.452 e. The molecule has 0 atom stereocenters. The monoisotopic (exact) mass is 364 g/mol. The number of urea groups is 1. The van der Waals surface area contributed by atoms with Crippen molar-refractivity contribution in [3.63, 3.8) is 0 Å². The zero-order valence-electron chi connectivity index (χ0n) is 13.7. The lowest BCUT2D eigenvalue weighted by molar-refractivity contribution is -0.123. The van der Waals surface area contributed by atoms with Crippen LogP contribution in [0.25, 0.3) is 0 Å². The van der Waals surface area contributed by atoms with Gasteiger partial charge in [-0.15, -0.1) is 0 Å². The Hall–Kier alpha value is -2.87. The van der Waals surface area contributed by atoms with Crippen LogP contribution in [0.3, 0.4) is 0 Å². The van der Waals surface area contributed by atoms with Gasteiger partial charge in [0.15, 0.2) is 6.61 Å². The highest BCUT2D eigenvalue weighted by atomic mass is 35.5. The van der Waals surface area contributed by atoms with Crippen LogP contribution >= 0.6 is 11.6 Å². The van der Waals surface area contributed by atoms with Crippen molar-refractivity contribution in [2.45, 2.75) is 13.5 Å². The SMILES string of the molecule is CNC(=O)NC(=O)COC(=O)c1c(C)nn(Cc2ccccc2)c1Cl. The molecule has 9 heteroatoms. The third-order valence-corrected chi connectivity index (χ3v) is 3.64. The number of esters is 1. The summed E-state index contributed by atoms with van der Waals surface area (Å²) >= 11 is 6.23. The first kappa shape index (κ1) is 18.5. The molecular formula is C16H17ClN4O4. The molecular weight excluding hydrogens is 348 g/mol. The number of benzene rings is 1.